The first-order chi connectivity index (χ1) is 41.3. The Bertz CT molecular complexity index is 4890. The Morgan fingerprint density at radius 2 is 0.798 bits per heavy atom. The van der Waals surface area contributed by atoms with Gasteiger partial charge in [-0.15, -0.1) is 0 Å². The number of nitrogens with zero attached hydrogens (tertiary/aromatic N) is 3. The predicted octanol–water partition coefficient (Wildman–Crippen LogP) is 21.9. The average molecular weight is 1070 g/mol. The van der Waals surface area contributed by atoms with Crippen molar-refractivity contribution in [3.63, 3.8) is 0 Å². The molecule has 13 aromatic carbocycles. The van der Waals surface area contributed by atoms with Crippen molar-refractivity contribution in [1.82, 2.24) is 4.40 Å². The summed E-state index contributed by atoms with van der Waals surface area (Å²) in [6, 6.07) is 113. The lowest BCUT2D eigenvalue weighted by molar-refractivity contribution is 0.591. The van der Waals surface area contributed by atoms with Crippen LogP contribution >= 0.6 is 0 Å². The quantitative estimate of drug-likeness (QED) is 0.135. The smallest absolute Gasteiger partial charge is 0.0714 e. The molecule has 0 atom stereocenters. The molecule has 0 aliphatic heterocycles. The molecule has 84 heavy (non-hydrogen) atoms. The van der Waals surface area contributed by atoms with E-state index in [4.69, 9.17) is 0 Å². The number of anilines is 6. The van der Waals surface area contributed by atoms with Gasteiger partial charge < -0.3 is 14.2 Å². The zero-order valence-corrected chi connectivity index (χ0v) is 47.2. The molecule has 15 aromatic rings. The molecule has 0 spiro atoms. The van der Waals surface area contributed by atoms with E-state index in [0.29, 0.717) is 0 Å². The maximum Gasteiger partial charge on any atom is 0.0714 e. The van der Waals surface area contributed by atoms with Crippen molar-refractivity contribution in [3.8, 4) is 33.4 Å². The number of para-hydroxylation sites is 2. The van der Waals surface area contributed by atoms with Crippen LogP contribution in [0, 0.1) is 0 Å². The molecule has 0 radical (unpaired) electrons. The molecule has 0 unspecified atom stereocenters. The van der Waals surface area contributed by atoms with Gasteiger partial charge in [0.2, 0.25) is 0 Å². The van der Waals surface area contributed by atoms with Gasteiger partial charge in [-0.25, -0.2) is 0 Å². The Kier molecular flexibility index (Phi) is 11.4. The summed E-state index contributed by atoms with van der Waals surface area (Å²) < 4.78 is 2.58. The predicted molar refractivity (Wildman–Crippen MR) is 355 cm³/mol. The van der Waals surface area contributed by atoms with Gasteiger partial charge in [0.25, 0.3) is 0 Å². The fourth-order valence-corrected chi connectivity index (χ4v) is 13.9. The molecule has 16 rings (SSSR count). The second-order valence-corrected chi connectivity index (χ2v) is 23.7. The number of hydrogen-bond acceptors (Lipinski definition) is 2. The highest BCUT2D eigenvalue weighted by Crippen LogP contribution is 2.59. The van der Waals surface area contributed by atoms with Gasteiger partial charge >= 0.3 is 0 Å². The van der Waals surface area contributed by atoms with Gasteiger partial charge in [0.1, 0.15) is 0 Å². The average Bonchev–Trinajstić information content (AvgIpc) is 2.18. The van der Waals surface area contributed by atoms with Crippen molar-refractivity contribution in [2.75, 3.05) is 9.80 Å². The molecule has 2 heterocycles. The molecule has 0 fully saturated rings. The van der Waals surface area contributed by atoms with Crippen LogP contribution in [0.2, 0.25) is 0 Å². The number of aromatic nitrogens is 1. The van der Waals surface area contributed by atoms with Crippen molar-refractivity contribution in [2.45, 2.75) is 31.6 Å². The molecule has 3 nitrogen and oxygen atoms in total. The number of rotatable bonds is 10. The van der Waals surface area contributed by atoms with E-state index in [0.717, 1.165) is 34.1 Å². The van der Waals surface area contributed by atoms with Crippen LogP contribution in [0.1, 0.15) is 48.6 Å². The standard InChI is InChI=1S/C81H59N3/c1-80(2,3)62-38-46-75-72(52-62)78-76(83(64-32-20-9-21-33-64)66-41-36-57(37-42-66)55-24-12-5-13-25-55)47-45-69-71-49-58-48-70-68-44-43-67(82(63-30-18-8-19-31-63)65-39-34-56(35-40-65)54-22-10-4-11-23-54)53-74(68)81(60-26-14-6-15-27-60,61-28-16-7-17-29-61)73(70)50-59(58)51-77(71)84(75)79(69)78/h4-53H,1-3H3. The molecule has 0 saturated heterocycles. The molecule has 1 aliphatic carbocycles. The van der Waals surface area contributed by atoms with E-state index in [1.54, 1.807) is 0 Å². The van der Waals surface area contributed by atoms with Crippen molar-refractivity contribution in [1.29, 1.82) is 0 Å². The van der Waals surface area contributed by atoms with E-state index in [9.17, 15) is 0 Å². The third-order valence-electron chi connectivity index (χ3n) is 17.9. The van der Waals surface area contributed by atoms with Crippen LogP contribution in [0.15, 0.2) is 303 Å². The number of fused-ring (bicyclic) bond motifs is 10. The maximum atomic E-state index is 2.58. The molecule has 0 amide bonds. The summed E-state index contributed by atoms with van der Waals surface area (Å²) in [6.45, 7) is 6.97. The lowest BCUT2D eigenvalue weighted by Crippen LogP contribution is -2.28. The van der Waals surface area contributed by atoms with Crippen LogP contribution in [-0.2, 0) is 10.8 Å². The lowest BCUT2D eigenvalue weighted by Gasteiger charge is -2.35. The largest absolute Gasteiger partial charge is 0.310 e. The van der Waals surface area contributed by atoms with Gasteiger partial charge in [-0.2, -0.15) is 0 Å². The Labute approximate surface area is 490 Å². The van der Waals surface area contributed by atoms with Gasteiger partial charge in [-0.3, -0.25) is 0 Å². The second-order valence-electron chi connectivity index (χ2n) is 23.7. The third-order valence-corrected chi connectivity index (χ3v) is 17.9. The molecule has 3 heteroatoms. The monoisotopic (exact) mass is 1070 g/mol. The second kappa shape index (κ2) is 19.3. The fraction of sp³-hybridized carbons (Fsp3) is 0.0617. The normalized spacial score (nSPS) is 12.8. The SMILES string of the molecule is CC(C)(C)c1ccc2c(c1)c1c(N(c3ccccc3)c3ccc(-c4ccccc4)cc3)ccc3c4cc5cc6c(cc5cc4n2c31)C(c1ccccc1)(c1ccccc1)c1cc(N(c2ccccc2)c2ccc(-c3ccccc3)cc2)ccc1-6. The van der Waals surface area contributed by atoms with Gasteiger partial charge in [0, 0.05) is 50.0 Å². The fourth-order valence-electron chi connectivity index (χ4n) is 13.9. The first kappa shape index (κ1) is 49.3. The summed E-state index contributed by atoms with van der Waals surface area (Å²) in [5.41, 5.74) is 23.2. The molecule has 0 bridgehead atoms. The summed E-state index contributed by atoms with van der Waals surface area (Å²) in [4.78, 5) is 4.87. The molecule has 2 aromatic heterocycles. The van der Waals surface area contributed by atoms with E-state index < -0.39 is 5.41 Å². The highest BCUT2D eigenvalue weighted by molar-refractivity contribution is 6.28. The third kappa shape index (κ3) is 7.73. The van der Waals surface area contributed by atoms with Crippen LogP contribution in [0.4, 0.5) is 34.1 Å². The van der Waals surface area contributed by atoms with Crippen molar-refractivity contribution in [3.05, 3.63) is 331 Å². The van der Waals surface area contributed by atoms with Gasteiger partial charge in [-0.05, 0) is 181 Å². The molecular weight excluding hydrogens is 1010 g/mol. The zero-order valence-electron chi connectivity index (χ0n) is 47.2. The van der Waals surface area contributed by atoms with E-state index in [2.05, 4.69) is 338 Å². The van der Waals surface area contributed by atoms with Crippen LogP contribution in [0.25, 0.3) is 82.2 Å². The van der Waals surface area contributed by atoms with Gasteiger partial charge in [0.15, 0.2) is 0 Å². The molecule has 0 N–H and O–H groups in total. The summed E-state index contributed by atoms with van der Waals surface area (Å²) >= 11 is 0. The minimum absolute atomic E-state index is 0.0539. The van der Waals surface area contributed by atoms with Gasteiger partial charge in [0.05, 0.1) is 27.7 Å². The Morgan fingerprint density at radius 1 is 0.321 bits per heavy atom. The maximum absolute atomic E-state index is 2.58. The topological polar surface area (TPSA) is 10.9 Å². The van der Waals surface area contributed by atoms with Crippen LogP contribution in [-0.4, -0.2) is 4.40 Å². The lowest BCUT2D eigenvalue weighted by atomic mass is 9.67. The molecule has 1 aliphatic rings. The Balaban J connectivity index is 0.932. The van der Waals surface area contributed by atoms with E-state index in [1.165, 1.54) is 110 Å². The number of benzene rings is 13. The summed E-state index contributed by atoms with van der Waals surface area (Å²) in [5, 5.41) is 7.43. The van der Waals surface area contributed by atoms with E-state index >= 15 is 0 Å². The first-order valence-electron chi connectivity index (χ1n) is 29.3. The Morgan fingerprint density at radius 3 is 1.37 bits per heavy atom. The zero-order chi connectivity index (χ0) is 56.1. The molecule has 0 saturated carbocycles. The van der Waals surface area contributed by atoms with E-state index in [-0.39, 0.29) is 5.41 Å². The highest BCUT2D eigenvalue weighted by Gasteiger charge is 2.47. The van der Waals surface area contributed by atoms with E-state index in [1.807, 2.05) is 0 Å². The highest BCUT2D eigenvalue weighted by atomic mass is 15.2. The summed E-state index contributed by atoms with van der Waals surface area (Å²) in [6.07, 6.45) is 0. The molecule has 398 valence electrons. The number of hydrogen-bond donors (Lipinski definition) is 0. The van der Waals surface area contributed by atoms with Crippen LogP contribution in [0.3, 0.4) is 0 Å². The minimum atomic E-state index is -0.648. The summed E-state index contributed by atoms with van der Waals surface area (Å²) in [7, 11) is 0. The van der Waals surface area contributed by atoms with Crippen molar-refractivity contribution < 1.29 is 0 Å². The van der Waals surface area contributed by atoms with Crippen molar-refractivity contribution in [2.24, 2.45) is 0 Å². The molecular formula is C81H59N3. The van der Waals surface area contributed by atoms with Crippen LogP contribution in [0.5, 0.6) is 0 Å². The Hall–Kier alpha value is -10.5. The van der Waals surface area contributed by atoms with Crippen LogP contribution < -0.4 is 9.80 Å². The van der Waals surface area contributed by atoms with Gasteiger partial charge in [-0.1, -0.05) is 221 Å². The minimum Gasteiger partial charge on any atom is -0.310 e. The summed E-state index contributed by atoms with van der Waals surface area (Å²) in [5.74, 6) is 0. The first-order valence-corrected chi connectivity index (χ1v) is 29.3. The van der Waals surface area contributed by atoms with Crippen molar-refractivity contribution >= 4 is 83.0 Å².